The van der Waals surface area contributed by atoms with Gasteiger partial charge in [-0.15, -0.1) is 0 Å². The molecule has 2 aromatic carbocycles. The summed E-state index contributed by atoms with van der Waals surface area (Å²) < 4.78 is 4.33. The fraction of sp³-hybridized carbons (Fsp3) is 0.0714. The molecule has 0 aliphatic carbocycles. The van der Waals surface area contributed by atoms with Crippen LogP contribution in [-0.2, 0) is 14.0 Å². The first kappa shape index (κ1) is 17.1. The third-order valence-electron chi connectivity index (χ3n) is 2.69. The van der Waals surface area contributed by atoms with E-state index >= 15 is 0 Å². The van der Waals surface area contributed by atoms with Gasteiger partial charge in [0.1, 0.15) is 11.9 Å². The molecule has 0 spiro atoms. The molecule has 0 saturated heterocycles. The molecule has 0 amide bonds. The van der Waals surface area contributed by atoms with E-state index in [0.29, 0.717) is 11.1 Å². The van der Waals surface area contributed by atoms with Crippen molar-refractivity contribution in [2.24, 2.45) is 0 Å². The second-order valence-electron chi connectivity index (χ2n) is 3.76. The summed E-state index contributed by atoms with van der Waals surface area (Å²) in [6.07, 6.45) is 0. The van der Waals surface area contributed by atoms with Crippen LogP contribution in [0.4, 0.5) is 0 Å². The van der Waals surface area contributed by atoms with E-state index in [4.69, 9.17) is 23.5 Å². The number of rotatable bonds is 3. The summed E-state index contributed by atoms with van der Waals surface area (Å²) in [4.78, 5) is 10.5. The summed E-state index contributed by atoms with van der Waals surface area (Å²) in [7, 11) is 0. The number of alkyl halides is 1. The van der Waals surface area contributed by atoms with Gasteiger partial charge in [0.2, 0.25) is 0 Å². The summed E-state index contributed by atoms with van der Waals surface area (Å²) in [5.74, 6) is -0.719. The smallest absolute Gasteiger partial charge is 1.00 e. The maximum atomic E-state index is 11.9. The van der Waals surface area contributed by atoms with Crippen LogP contribution in [0.25, 0.3) is 0 Å². The molecule has 0 radical (unpaired) electrons. The first-order valence-electron chi connectivity index (χ1n) is 5.32. The Morgan fingerprint density at radius 3 is 1.63 bits per heavy atom. The minimum atomic E-state index is -1.43. The predicted octanol–water partition coefficient (Wildman–Crippen LogP) is 3.71. The van der Waals surface area contributed by atoms with Crippen molar-refractivity contribution in [3.8, 4) is 0 Å². The van der Waals surface area contributed by atoms with Crippen LogP contribution in [0.15, 0.2) is 60.7 Å². The van der Waals surface area contributed by atoms with Gasteiger partial charge in [-0.3, -0.25) is 0 Å². The molecule has 5 heteroatoms. The first-order chi connectivity index (χ1) is 8.69. The molecule has 0 unspecified atom stereocenters. The van der Waals surface area contributed by atoms with Crippen LogP contribution in [-0.4, -0.2) is 54.9 Å². The molecule has 2 rings (SSSR count). The molecule has 0 aliphatic heterocycles. The van der Waals surface area contributed by atoms with Crippen molar-refractivity contribution in [3.63, 3.8) is 0 Å². The van der Waals surface area contributed by atoms with Crippen molar-refractivity contribution in [1.82, 2.24) is 0 Å². The fourth-order valence-electron chi connectivity index (χ4n) is 1.79. The predicted molar refractivity (Wildman–Crippen MR) is 79.4 cm³/mol. The minimum Gasteiger partial charge on any atom is -1.00 e. The largest absolute Gasteiger partial charge is 2.00 e. The van der Waals surface area contributed by atoms with E-state index in [1.165, 1.54) is 0 Å². The van der Waals surface area contributed by atoms with Crippen LogP contribution in [0.1, 0.15) is 14.0 Å². The number of carbonyl (C=O) groups is 1. The monoisotopic (exact) mass is 420 g/mol. The van der Waals surface area contributed by atoms with Crippen molar-refractivity contribution in [3.05, 3.63) is 71.8 Å². The summed E-state index contributed by atoms with van der Waals surface area (Å²) >= 11 is 11.7. The van der Waals surface area contributed by atoms with E-state index < -0.39 is 10.8 Å². The summed E-state index contributed by atoms with van der Waals surface area (Å²) in [5.41, 5.74) is 1.23. The van der Waals surface area contributed by atoms with Gasteiger partial charge in [-0.2, -0.15) is 0 Å². The van der Waals surface area contributed by atoms with Gasteiger partial charge < -0.3 is 7.14 Å². The maximum Gasteiger partial charge on any atom is 2.00 e. The van der Waals surface area contributed by atoms with Gasteiger partial charge in [-0.1, -0.05) is 72.3 Å². The van der Waals surface area contributed by atoms with Crippen LogP contribution >= 0.6 is 23.5 Å². The van der Waals surface area contributed by atoms with Gasteiger partial charge in [-0.25, -0.2) is 4.79 Å². The average molecular weight is 420 g/mol. The van der Waals surface area contributed by atoms with Gasteiger partial charge in [0.15, 0.2) is 4.87 Å². The number of benzene rings is 2. The van der Waals surface area contributed by atoms with Gasteiger partial charge in [0, 0.05) is 0 Å². The standard InChI is InChI=1S/C14H10Cl2O2.Ba.2H/c15-14(13(17)18-16,11-7-3-1-4-8-11)12-9-5-2-6-10-12;;;/h1-10H;;;/q;+2;2*-1. The Labute approximate surface area is 165 Å². The second-order valence-corrected chi connectivity index (χ2v) is 4.48. The van der Waals surface area contributed by atoms with E-state index in [-0.39, 0.29) is 51.7 Å². The van der Waals surface area contributed by atoms with Crippen LogP contribution < -0.4 is 0 Å². The average Bonchev–Trinajstić information content (AvgIpc) is 2.47. The molecule has 0 atom stereocenters. The van der Waals surface area contributed by atoms with Crippen molar-refractivity contribution in [1.29, 1.82) is 0 Å². The van der Waals surface area contributed by atoms with E-state index in [1.807, 2.05) is 12.1 Å². The van der Waals surface area contributed by atoms with Crippen molar-refractivity contribution in [2.75, 3.05) is 0 Å². The topological polar surface area (TPSA) is 26.3 Å². The molecule has 0 bridgehead atoms. The van der Waals surface area contributed by atoms with E-state index in [1.54, 1.807) is 48.5 Å². The minimum absolute atomic E-state index is 0. The number of hydrogen-bond acceptors (Lipinski definition) is 2. The van der Waals surface area contributed by atoms with Gasteiger partial charge in [-0.05, 0) is 11.1 Å². The zero-order valence-electron chi connectivity index (χ0n) is 12.1. The van der Waals surface area contributed by atoms with Gasteiger partial charge in [0.25, 0.3) is 0 Å². The molecular formula is C14H12BaCl2O2. The Morgan fingerprint density at radius 2 is 1.32 bits per heavy atom. The number of hydrogen-bond donors (Lipinski definition) is 0. The zero-order valence-corrected chi connectivity index (χ0v) is 16.0. The third kappa shape index (κ3) is 3.58. The van der Waals surface area contributed by atoms with Crippen LogP contribution in [0.3, 0.4) is 0 Å². The molecule has 0 aromatic heterocycles. The van der Waals surface area contributed by atoms with Gasteiger partial charge >= 0.3 is 54.9 Å². The Bertz CT molecular complexity index is 502. The van der Waals surface area contributed by atoms with Crippen molar-refractivity contribution in [2.45, 2.75) is 4.87 Å². The molecule has 0 fully saturated rings. The number of halogens is 2. The van der Waals surface area contributed by atoms with E-state index in [2.05, 4.69) is 4.29 Å². The van der Waals surface area contributed by atoms with E-state index in [0.717, 1.165) is 0 Å². The molecule has 0 saturated carbocycles. The van der Waals surface area contributed by atoms with Crippen LogP contribution in [0.2, 0.25) is 0 Å². The van der Waals surface area contributed by atoms with Crippen LogP contribution in [0.5, 0.6) is 0 Å². The van der Waals surface area contributed by atoms with Crippen molar-refractivity contribution < 1.29 is 11.9 Å². The zero-order chi connectivity index (χ0) is 13.0. The van der Waals surface area contributed by atoms with Crippen molar-refractivity contribution >= 4 is 78.3 Å². The molecule has 0 N–H and O–H groups in total. The molecule has 0 aliphatic rings. The second kappa shape index (κ2) is 7.74. The fourth-order valence-corrected chi connectivity index (χ4v) is 2.24. The third-order valence-corrected chi connectivity index (χ3v) is 3.43. The van der Waals surface area contributed by atoms with Gasteiger partial charge in [0.05, 0.1) is 0 Å². The molecule has 0 heterocycles. The summed E-state index contributed by atoms with van der Waals surface area (Å²) in [6, 6.07) is 17.9. The molecular weight excluding hydrogens is 408 g/mol. The quantitative estimate of drug-likeness (QED) is 0.559. The Balaban J connectivity index is 0. The first-order valence-corrected chi connectivity index (χ1v) is 6.01. The summed E-state index contributed by atoms with van der Waals surface area (Å²) in [5, 5.41) is 0. The van der Waals surface area contributed by atoms with E-state index in [9.17, 15) is 4.79 Å². The summed E-state index contributed by atoms with van der Waals surface area (Å²) in [6.45, 7) is 0. The number of carbonyl (C=O) groups excluding carboxylic acids is 1. The molecule has 2 aromatic rings. The normalized spacial score (nSPS) is 10.4. The Kier molecular flexibility index (Phi) is 6.97. The Hall–Kier alpha value is 0.0614. The SMILES string of the molecule is O=C(OCl)C(Cl)(c1ccccc1)c1ccccc1.[Ba+2].[H-].[H-]. The molecule has 96 valence electrons. The maximum absolute atomic E-state index is 11.9. The molecule has 2 nitrogen and oxygen atoms in total. The van der Waals surface area contributed by atoms with Crippen LogP contribution in [0, 0.1) is 0 Å². The molecule has 19 heavy (non-hydrogen) atoms. The Morgan fingerprint density at radius 1 is 0.947 bits per heavy atom.